The lowest BCUT2D eigenvalue weighted by Gasteiger charge is -2.48. The Kier molecular flexibility index (Phi) is 10.7. The largest absolute Gasteiger partial charge is 0.429 e. The van der Waals surface area contributed by atoms with Gasteiger partial charge in [-0.1, -0.05) is 26.3 Å². The highest BCUT2D eigenvalue weighted by atomic mass is 28.4. The van der Waals surface area contributed by atoms with Gasteiger partial charge in [-0.3, -0.25) is 4.79 Å². The Labute approximate surface area is 245 Å². The number of allylic oxidation sites excluding steroid dienone is 1. The number of hydrogen-bond donors (Lipinski definition) is 0. The van der Waals surface area contributed by atoms with Gasteiger partial charge in [-0.25, -0.2) is 0 Å². The molecular formula is C30H52F6O3Si2. The van der Waals surface area contributed by atoms with Crippen LogP contribution in [0.15, 0.2) is 12.2 Å². The SMILES string of the molecule is CC(C)(CCC[C@](C)(C/C=C/C(O[Si](C)(C)C)(C(F)(F)F)C(F)(F)F)[C@H]1CC[C@H]2C(=O)CCC[C@]12C)O[Si](C)(C)C. The van der Waals surface area contributed by atoms with Crippen LogP contribution >= 0.6 is 0 Å². The van der Waals surface area contributed by atoms with E-state index >= 15 is 0 Å². The molecule has 2 fully saturated rings. The van der Waals surface area contributed by atoms with Crippen LogP contribution in [-0.4, -0.2) is 46.0 Å². The molecule has 41 heavy (non-hydrogen) atoms. The normalized spacial score (nSPS) is 26.9. The minimum Gasteiger partial charge on any atom is -0.413 e. The molecule has 0 amide bonds. The zero-order valence-corrected chi connectivity index (χ0v) is 28.7. The van der Waals surface area contributed by atoms with Gasteiger partial charge < -0.3 is 8.85 Å². The number of ketones is 1. The molecule has 0 N–H and O–H groups in total. The summed E-state index contributed by atoms with van der Waals surface area (Å²) in [6, 6.07) is 0. The number of hydrogen-bond acceptors (Lipinski definition) is 3. The zero-order valence-electron chi connectivity index (χ0n) is 26.7. The summed E-state index contributed by atoms with van der Waals surface area (Å²) in [5, 5.41) is 0. The highest BCUT2D eigenvalue weighted by Crippen LogP contribution is 2.62. The summed E-state index contributed by atoms with van der Waals surface area (Å²) in [5.74, 6) is 0.135. The van der Waals surface area contributed by atoms with Gasteiger partial charge in [0, 0.05) is 12.3 Å². The first-order valence-electron chi connectivity index (χ1n) is 14.9. The molecule has 4 atom stereocenters. The summed E-state index contributed by atoms with van der Waals surface area (Å²) >= 11 is 0. The Morgan fingerprint density at radius 1 is 0.878 bits per heavy atom. The van der Waals surface area contributed by atoms with Crippen molar-refractivity contribution in [2.75, 3.05) is 0 Å². The van der Waals surface area contributed by atoms with Crippen LogP contribution in [0.1, 0.15) is 85.5 Å². The highest BCUT2D eigenvalue weighted by molar-refractivity contribution is 6.70. The number of carbonyl (C=O) groups excluding carboxylic acids is 1. The number of alkyl halides is 6. The molecule has 0 aromatic rings. The molecule has 240 valence electrons. The predicted molar refractivity (Wildman–Crippen MR) is 157 cm³/mol. The van der Waals surface area contributed by atoms with Crippen molar-refractivity contribution in [2.24, 2.45) is 22.7 Å². The van der Waals surface area contributed by atoms with Gasteiger partial charge in [-0.2, -0.15) is 26.3 Å². The summed E-state index contributed by atoms with van der Waals surface area (Å²) in [5.41, 5.74) is -5.67. The lowest BCUT2D eigenvalue weighted by molar-refractivity contribution is -0.340. The van der Waals surface area contributed by atoms with Gasteiger partial charge in [0.2, 0.25) is 0 Å². The minimum atomic E-state index is -5.67. The molecule has 0 heterocycles. The number of fused-ring (bicyclic) bond motifs is 1. The fourth-order valence-corrected chi connectivity index (χ4v) is 10.8. The van der Waals surface area contributed by atoms with Crippen LogP contribution < -0.4 is 0 Å². The van der Waals surface area contributed by atoms with E-state index in [1.165, 1.54) is 19.6 Å². The molecular weight excluding hydrogens is 578 g/mol. The van der Waals surface area contributed by atoms with E-state index in [2.05, 4.69) is 26.6 Å². The molecule has 0 saturated heterocycles. The van der Waals surface area contributed by atoms with Crippen LogP contribution in [-0.2, 0) is 13.6 Å². The van der Waals surface area contributed by atoms with Crippen molar-refractivity contribution in [3.63, 3.8) is 0 Å². The number of rotatable bonds is 12. The Morgan fingerprint density at radius 2 is 1.41 bits per heavy atom. The van der Waals surface area contributed by atoms with Crippen molar-refractivity contribution in [2.45, 2.75) is 148 Å². The fourth-order valence-electron chi connectivity index (χ4n) is 7.77. The van der Waals surface area contributed by atoms with Crippen LogP contribution in [0, 0.1) is 22.7 Å². The van der Waals surface area contributed by atoms with E-state index in [0.717, 1.165) is 38.2 Å². The second-order valence-electron chi connectivity index (χ2n) is 15.5. The van der Waals surface area contributed by atoms with Crippen molar-refractivity contribution >= 4 is 22.4 Å². The molecule has 0 aromatic heterocycles. The van der Waals surface area contributed by atoms with Crippen LogP contribution in [0.2, 0.25) is 39.3 Å². The van der Waals surface area contributed by atoms with E-state index in [0.29, 0.717) is 19.3 Å². The molecule has 3 nitrogen and oxygen atoms in total. The van der Waals surface area contributed by atoms with Gasteiger partial charge in [0.25, 0.3) is 5.60 Å². The third-order valence-electron chi connectivity index (χ3n) is 9.06. The number of carbonyl (C=O) groups is 1. The predicted octanol–water partition coefficient (Wildman–Crippen LogP) is 10.2. The average molecular weight is 631 g/mol. The topological polar surface area (TPSA) is 35.5 Å². The summed E-state index contributed by atoms with van der Waals surface area (Å²) in [6.45, 7) is 18.5. The van der Waals surface area contributed by atoms with E-state index < -0.39 is 45.6 Å². The summed E-state index contributed by atoms with van der Waals surface area (Å²) in [6.07, 6.45) is -4.38. The Hall–Kier alpha value is -0.656. The van der Waals surface area contributed by atoms with E-state index in [4.69, 9.17) is 8.85 Å². The smallest absolute Gasteiger partial charge is 0.413 e. The maximum absolute atomic E-state index is 14.2. The third kappa shape index (κ3) is 8.72. The molecule has 0 radical (unpaired) electrons. The van der Waals surface area contributed by atoms with E-state index in [9.17, 15) is 31.1 Å². The number of Topliss-reactive ketones (excluding diaryl/α,β-unsaturated/α-hetero) is 1. The van der Waals surface area contributed by atoms with E-state index in [1.54, 1.807) is 0 Å². The van der Waals surface area contributed by atoms with E-state index in [1.807, 2.05) is 20.8 Å². The van der Waals surface area contributed by atoms with E-state index in [-0.39, 0.29) is 35.5 Å². The molecule has 0 aromatic carbocycles. The molecule has 2 saturated carbocycles. The average Bonchev–Trinajstić information content (AvgIpc) is 3.07. The number of halogens is 6. The molecule has 11 heteroatoms. The maximum atomic E-state index is 14.2. The van der Waals surface area contributed by atoms with Crippen molar-refractivity contribution < 1.29 is 40.0 Å². The molecule has 2 aliphatic carbocycles. The first-order chi connectivity index (χ1) is 18.2. The van der Waals surface area contributed by atoms with Crippen molar-refractivity contribution in [3.8, 4) is 0 Å². The Balaban J connectivity index is 2.48. The third-order valence-corrected chi connectivity index (χ3v) is 11.2. The van der Waals surface area contributed by atoms with Gasteiger partial charge in [0.05, 0.1) is 5.60 Å². The monoisotopic (exact) mass is 630 g/mol. The summed E-state index contributed by atoms with van der Waals surface area (Å²) in [4.78, 5) is 12.8. The lowest BCUT2D eigenvalue weighted by Crippen LogP contribution is -2.61. The highest BCUT2D eigenvalue weighted by Gasteiger charge is 2.71. The van der Waals surface area contributed by atoms with Crippen molar-refractivity contribution in [1.82, 2.24) is 0 Å². The van der Waals surface area contributed by atoms with Crippen LogP contribution in [0.4, 0.5) is 26.3 Å². The quantitative estimate of drug-likeness (QED) is 0.122. The maximum Gasteiger partial charge on any atom is 0.429 e. The van der Waals surface area contributed by atoms with Gasteiger partial charge in [-0.05, 0) is 121 Å². The minimum absolute atomic E-state index is 0.000922. The van der Waals surface area contributed by atoms with Crippen molar-refractivity contribution in [1.29, 1.82) is 0 Å². The van der Waals surface area contributed by atoms with Crippen molar-refractivity contribution in [3.05, 3.63) is 12.2 Å². The molecule has 0 aliphatic heterocycles. The van der Waals surface area contributed by atoms with Gasteiger partial charge >= 0.3 is 12.4 Å². The first-order valence-corrected chi connectivity index (χ1v) is 21.7. The second-order valence-corrected chi connectivity index (χ2v) is 24.4. The molecule has 2 aliphatic rings. The summed E-state index contributed by atoms with van der Waals surface area (Å²) in [7, 11) is -5.10. The zero-order chi connectivity index (χ0) is 31.9. The second kappa shape index (κ2) is 12.0. The molecule has 0 spiro atoms. The van der Waals surface area contributed by atoms with Crippen LogP contribution in [0.3, 0.4) is 0 Å². The van der Waals surface area contributed by atoms with Gasteiger partial charge in [-0.15, -0.1) is 0 Å². The molecule has 0 unspecified atom stereocenters. The summed E-state index contributed by atoms with van der Waals surface area (Å²) < 4.78 is 96.4. The Morgan fingerprint density at radius 3 is 1.90 bits per heavy atom. The van der Waals surface area contributed by atoms with Gasteiger partial charge in [0.15, 0.2) is 16.6 Å². The standard InChI is InChI=1S/C30H52F6O3Si2/c1-25(2,38-40(5,6)7)17-12-18-26(3,24-16-15-22-23(37)14-11-20-27(22,24)4)19-13-21-28(29(31,32)33,30(34,35)36)39-41(8,9)10/h13,21-22,24H,11-12,14-20H2,1-10H3/b21-13+/t22-,24+,26+,27-/m0/s1. The lowest BCUT2D eigenvalue weighted by atomic mass is 9.56. The van der Waals surface area contributed by atoms with Crippen LogP contribution in [0.5, 0.6) is 0 Å². The molecule has 0 bridgehead atoms. The fraction of sp³-hybridized carbons (Fsp3) is 0.900. The van der Waals surface area contributed by atoms with Gasteiger partial charge in [0.1, 0.15) is 5.78 Å². The molecule has 2 rings (SSSR count). The Bertz CT molecular complexity index is 934. The van der Waals surface area contributed by atoms with Crippen LogP contribution in [0.25, 0.3) is 0 Å². The first kappa shape index (κ1) is 36.5.